The van der Waals surface area contributed by atoms with E-state index >= 15 is 0 Å². The fraction of sp³-hybridized carbons (Fsp3) is 0.357. The Labute approximate surface area is 132 Å². The zero-order valence-electron chi connectivity index (χ0n) is 12.1. The van der Waals surface area contributed by atoms with Gasteiger partial charge in [-0.3, -0.25) is 9.36 Å². The first-order valence-electron chi connectivity index (χ1n) is 6.48. The molecular formula is C14H17N3O2S2. The Morgan fingerprint density at radius 2 is 2.05 bits per heavy atom. The lowest BCUT2D eigenvalue weighted by Crippen LogP contribution is -2.07. The molecule has 0 bridgehead atoms. The van der Waals surface area contributed by atoms with Crippen LogP contribution in [-0.4, -0.2) is 37.8 Å². The average Bonchev–Trinajstić information content (AvgIpc) is 2.88. The van der Waals surface area contributed by atoms with Crippen LogP contribution in [0.2, 0.25) is 0 Å². The summed E-state index contributed by atoms with van der Waals surface area (Å²) in [7, 11) is 0. The first-order chi connectivity index (χ1) is 10.0. The fourth-order valence-electron chi connectivity index (χ4n) is 1.92. The molecule has 0 amide bonds. The van der Waals surface area contributed by atoms with Gasteiger partial charge in [0.15, 0.2) is 5.16 Å². The summed E-state index contributed by atoms with van der Waals surface area (Å²) in [6, 6.07) is 7.99. The van der Waals surface area contributed by atoms with Crippen LogP contribution in [0.3, 0.4) is 0 Å². The van der Waals surface area contributed by atoms with Gasteiger partial charge in [0.2, 0.25) is 0 Å². The Morgan fingerprint density at radius 3 is 2.67 bits per heavy atom. The van der Waals surface area contributed by atoms with E-state index in [2.05, 4.69) is 10.2 Å². The van der Waals surface area contributed by atoms with Crippen molar-refractivity contribution in [2.45, 2.75) is 29.8 Å². The topological polar surface area (TPSA) is 68.0 Å². The third-order valence-electron chi connectivity index (χ3n) is 2.83. The van der Waals surface area contributed by atoms with Crippen molar-refractivity contribution in [3.8, 4) is 5.69 Å². The summed E-state index contributed by atoms with van der Waals surface area (Å²) in [4.78, 5) is 11.9. The highest BCUT2D eigenvalue weighted by Gasteiger charge is 2.19. The van der Waals surface area contributed by atoms with E-state index in [9.17, 15) is 4.79 Å². The second kappa shape index (κ2) is 7.00. The highest BCUT2D eigenvalue weighted by Crippen LogP contribution is 2.30. The number of aromatic nitrogens is 3. The molecule has 1 aromatic carbocycles. The molecule has 0 unspecified atom stereocenters. The summed E-state index contributed by atoms with van der Waals surface area (Å²) in [5, 5.41) is 17.9. The number of para-hydroxylation sites is 1. The molecular weight excluding hydrogens is 306 g/mol. The van der Waals surface area contributed by atoms with Crippen LogP contribution in [0.25, 0.3) is 5.69 Å². The lowest BCUT2D eigenvalue weighted by atomic mass is 10.2. The lowest BCUT2D eigenvalue weighted by molar-refractivity contribution is -0.133. The SMILES string of the molecule is CSc1ccccc1-n1c(SCC(=O)O)nnc1C(C)C. The summed E-state index contributed by atoms with van der Waals surface area (Å²) in [5.41, 5.74) is 0.992. The Balaban J connectivity index is 2.53. The predicted octanol–water partition coefficient (Wildman–Crippen LogP) is 3.29. The highest BCUT2D eigenvalue weighted by atomic mass is 32.2. The van der Waals surface area contributed by atoms with Crippen LogP contribution in [0.15, 0.2) is 34.3 Å². The average molecular weight is 323 g/mol. The molecule has 1 aromatic heterocycles. The Kier molecular flexibility index (Phi) is 5.30. The molecule has 2 aromatic rings. The van der Waals surface area contributed by atoms with E-state index < -0.39 is 5.97 Å². The van der Waals surface area contributed by atoms with Gasteiger partial charge in [-0.25, -0.2) is 0 Å². The van der Waals surface area contributed by atoms with Crippen molar-refractivity contribution in [1.82, 2.24) is 14.8 Å². The van der Waals surface area contributed by atoms with E-state index in [-0.39, 0.29) is 11.7 Å². The van der Waals surface area contributed by atoms with Gasteiger partial charge in [0, 0.05) is 10.8 Å². The number of nitrogens with zero attached hydrogens (tertiary/aromatic N) is 3. The van der Waals surface area contributed by atoms with E-state index in [1.807, 2.05) is 48.9 Å². The molecule has 0 saturated carbocycles. The smallest absolute Gasteiger partial charge is 0.313 e. The second-order valence-electron chi connectivity index (χ2n) is 4.69. The van der Waals surface area contributed by atoms with E-state index in [0.717, 1.165) is 16.4 Å². The molecule has 0 aliphatic carbocycles. The van der Waals surface area contributed by atoms with Gasteiger partial charge in [-0.15, -0.1) is 22.0 Å². The maximum atomic E-state index is 10.8. The number of hydrogen-bond donors (Lipinski definition) is 1. The van der Waals surface area contributed by atoms with E-state index in [1.54, 1.807) is 11.8 Å². The van der Waals surface area contributed by atoms with E-state index in [4.69, 9.17) is 5.11 Å². The second-order valence-corrected chi connectivity index (χ2v) is 6.48. The number of carbonyl (C=O) groups is 1. The van der Waals surface area contributed by atoms with Crippen molar-refractivity contribution in [3.05, 3.63) is 30.1 Å². The molecule has 0 aliphatic heterocycles. The molecule has 0 radical (unpaired) electrons. The molecule has 112 valence electrons. The van der Waals surface area contributed by atoms with E-state index in [0.29, 0.717) is 5.16 Å². The summed E-state index contributed by atoms with van der Waals surface area (Å²) in [6.45, 7) is 4.10. The molecule has 0 atom stereocenters. The fourth-order valence-corrected chi connectivity index (χ4v) is 3.17. The van der Waals surface area contributed by atoms with Crippen LogP contribution in [0.1, 0.15) is 25.6 Å². The maximum Gasteiger partial charge on any atom is 0.313 e. The van der Waals surface area contributed by atoms with Crippen molar-refractivity contribution in [2.75, 3.05) is 12.0 Å². The van der Waals surface area contributed by atoms with Gasteiger partial charge >= 0.3 is 5.97 Å². The van der Waals surface area contributed by atoms with Gasteiger partial charge in [-0.1, -0.05) is 37.7 Å². The highest BCUT2D eigenvalue weighted by molar-refractivity contribution is 7.99. The first-order valence-corrected chi connectivity index (χ1v) is 8.69. The largest absolute Gasteiger partial charge is 0.481 e. The van der Waals surface area contributed by atoms with Crippen molar-refractivity contribution >= 4 is 29.5 Å². The van der Waals surface area contributed by atoms with Gasteiger partial charge in [0.05, 0.1) is 11.4 Å². The summed E-state index contributed by atoms with van der Waals surface area (Å²) < 4.78 is 1.96. The number of carboxylic acid groups (broad SMARTS) is 1. The maximum absolute atomic E-state index is 10.8. The molecule has 7 heteroatoms. The number of thioether (sulfide) groups is 2. The van der Waals surface area contributed by atoms with Crippen molar-refractivity contribution in [3.63, 3.8) is 0 Å². The van der Waals surface area contributed by atoms with Crippen LogP contribution in [0.4, 0.5) is 0 Å². The number of carboxylic acids is 1. The lowest BCUT2D eigenvalue weighted by Gasteiger charge is -2.14. The zero-order chi connectivity index (χ0) is 15.4. The molecule has 5 nitrogen and oxygen atoms in total. The van der Waals surface area contributed by atoms with Crippen LogP contribution in [0.5, 0.6) is 0 Å². The molecule has 0 fully saturated rings. The van der Waals surface area contributed by atoms with Gasteiger partial charge in [-0.2, -0.15) is 0 Å². The molecule has 2 rings (SSSR count). The summed E-state index contributed by atoms with van der Waals surface area (Å²) >= 11 is 2.83. The molecule has 0 saturated heterocycles. The Hall–Kier alpha value is -1.47. The summed E-state index contributed by atoms with van der Waals surface area (Å²) in [5.74, 6) is 0.146. The Bertz CT molecular complexity index is 641. The number of aliphatic carboxylic acids is 1. The van der Waals surface area contributed by atoms with Crippen LogP contribution >= 0.6 is 23.5 Å². The Morgan fingerprint density at radius 1 is 1.33 bits per heavy atom. The molecule has 0 aliphatic rings. The van der Waals surface area contributed by atoms with Crippen LogP contribution in [-0.2, 0) is 4.79 Å². The van der Waals surface area contributed by atoms with E-state index in [1.165, 1.54) is 11.8 Å². The standard InChI is InChI=1S/C14H17N3O2S2/c1-9(2)13-15-16-14(21-8-12(18)19)17(13)10-6-4-5-7-11(10)20-3/h4-7,9H,8H2,1-3H3,(H,18,19). The number of rotatable bonds is 6. The van der Waals surface area contributed by atoms with Crippen LogP contribution in [0, 0.1) is 0 Å². The van der Waals surface area contributed by atoms with Gasteiger partial charge in [0.25, 0.3) is 0 Å². The van der Waals surface area contributed by atoms with Gasteiger partial charge in [-0.05, 0) is 18.4 Å². The minimum Gasteiger partial charge on any atom is -0.481 e. The summed E-state index contributed by atoms with van der Waals surface area (Å²) in [6.07, 6.45) is 2.02. The van der Waals surface area contributed by atoms with Crippen LogP contribution < -0.4 is 0 Å². The van der Waals surface area contributed by atoms with Crippen molar-refractivity contribution in [2.24, 2.45) is 0 Å². The number of benzene rings is 1. The molecule has 21 heavy (non-hydrogen) atoms. The monoisotopic (exact) mass is 323 g/mol. The van der Waals surface area contributed by atoms with Crippen molar-refractivity contribution < 1.29 is 9.90 Å². The zero-order valence-corrected chi connectivity index (χ0v) is 13.7. The third-order valence-corrected chi connectivity index (χ3v) is 4.52. The first kappa shape index (κ1) is 15.9. The third kappa shape index (κ3) is 3.59. The van der Waals surface area contributed by atoms with Gasteiger partial charge < -0.3 is 5.11 Å². The normalized spacial score (nSPS) is 11.0. The predicted molar refractivity (Wildman–Crippen MR) is 85.6 cm³/mol. The molecule has 0 spiro atoms. The molecule has 1 N–H and O–H groups in total. The minimum absolute atomic E-state index is 0.0301. The van der Waals surface area contributed by atoms with Gasteiger partial charge in [0.1, 0.15) is 5.82 Å². The number of hydrogen-bond acceptors (Lipinski definition) is 5. The minimum atomic E-state index is -0.862. The quantitative estimate of drug-likeness (QED) is 0.823. The van der Waals surface area contributed by atoms with Crippen molar-refractivity contribution in [1.29, 1.82) is 0 Å². The molecule has 1 heterocycles.